The van der Waals surface area contributed by atoms with Crippen LogP contribution in [0.2, 0.25) is 0 Å². The number of unbranched alkanes of at least 4 members (excludes halogenated alkanes) is 1. The fraction of sp³-hybridized carbons (Fsp3) is 0.182. The lowest BCUT2D eigenvalue weighted by Crippen LogP contribution is -1.96. The summed E-state index contributed by atoms with van der Waals surface area (Å²) in [5.41, 5.74) is 3.95. The summed E-state index contributed by atoms with van der Waals surface area (Å²) >= 11 is 1.77. The Balaban J connectivity index is 1.82. The van der Waals surface area contributed by atoms with E-state index in [0.29, 0.717) is 0 Å². The second kappa shape index (κ2) is 6.66. The van der Waals surface area contributed by atoms with Gasteiger partial charge in [0.15, 0.2) is 0 Å². The predicted octanol–water partition coefficient (Wildman–Crippen LogP) is 6.83. The molecule has 2 aromatic heterocycles. The Hall–Kier alpha value is -2.32. The Labute approximate surface area is 146 Å². The van der Waals surface area contributed by atoms with Crippen LogP contribution in [0, 0.1) is 0 Å². The summed E-state index contributed by atoms with van der Waals surface area (Å²) in [6, 6.07) is 19.8. The van der Waals surface area contributed by atoms with Crippen LogP contribution in [0.1, 0.15) is 30.2 Å². The molecule has 4 aromatic rings. The van der Waals surface area contributed by atoms with Crippen LogP contribution >= 0.6 is 11.3 Å². The molecule has 0 aliphatic rings. The number of aryl methyl sites for hydroxylation is 1. The van der Waals surface area contributed by atoms with Crippen LogP contribution in [0.15, 0.2) is 60.0 Å². The quantitative estimate of drug-likeness (QED) is 0.378. The van der Waals surface area contributed by atoms with E-state index in [1.165, 1.54) is 45.1 Å². The summed E-state index contributed by atoms with van der Waals surface area (Å²) in [5.74, 6) is 0. The maximum atomic E-state index is 2.47. The Morgan fingerprint density at radius 1 is 0.917 bits per heavy atom. The van der Waals surface area contributed by atoms with Crippen molar-refractivity contribution in [3.63, 3.8) is 0 Å². The van der Waals surface area contributed by atoms with E-state index >= 15 is 0 Å². The Morgan fingerprint density at radius 2 is 1.79 bits per heavy atom. The third kappa shape index (κ3) is 2.78. The average Bonchev–Trinajstić information content (AvgIpc) is 3.24. The molecule has 0 spiro atoms. The fourth-order valence-corrected chi connectivity index (χ4v) is 3.91. The molecule has 0 unspecified atom stereocenters. The van der Waals surface area contributed by atoms with Gasteiger partial charge in [-0.2, -0.15) is 0 Å². The molecule has 0 radical (unpaired) electrons. The van der Waals surface area contributed by atoms with Crippen LogP contribution in [0.4, 0.5) is 0 Å². The zero-order valence-electron chi connectivity index (χ0n) is 13.9. The zero-order valence-corrected chi connectivity index (χ0v) is 14.7. The minimum Gasteiger partial charge on any atom is -0.340 e. The van der Waals surface area contributed by atoms with Crippen LogP contribution < -0.4 is 0 Å². The molecular formula is C22H21NS. The van der Waals surface area contributed by atoms with Gasteiger partial charge >= 0.3 is 0 Å². The third-order valence-corrected chi connectivity index (χ3v) is 5.35. The van der Waals surface area contributed by atoms with E-state index in [0.717, 1.165) is 6.54 Å². The summed E-state index contributed by atoms with van der Waals surface area (Å²) in [6.45, 7) is 3.34. The number of hydrogen-bond donors (Lipinski definition) is 0. The van der Waals surface area contributed by atoms with Gasteiger partial charge in [-0.05, 0) is 47.7 Å². The van der Waals surface area contributed by atoms with Crippen LogP contribution in [0.3, 0.4) is 0 Å². The lowest BCUT2D eigenvalue weighted by molar-refractivity contribution is 0.665. The molecule has 0 aliphatic heterocycles. The van der Waals surface area contributed by atoms with Crippen molar-refractivity contribution in [2.24, 2.45) is 0 Å². The number of aromatic nitrogens is 1. The lowest BCUT2D eigenvalue weighted by atomic mass is 10.1. The number of rotatable bonds is 5. The highest BCUT2D eigenvalue weighted by Gasteiger charge is 2.09. The first-order valence-corrected chi connectivity index (χ1v) is 9.47. The van der Waals surface area contributed by atoms with Gasteiger partial charge in [-0.15, -0.1) is 11.3 Å². The Morgan fingerprint density at radius 3 is 2.62 bits per heavy atom. The SMILES string of the molecule is CCCCn1c2ccccc2c2cc(/C=C/c3cccs3)ccc21. The molecule has 0 aliphatic carbocycles. The van der Waals surface area contributed by atoms with Crippen molar-refractivity contribution in [2.75, 3.05) is 0 Å². The number of para-hydroxylation sites is 1. The topological polar surface area (TPSA) is 4.93 Å². The van der Waals surface area contributed by atoms with Gasteiger partial charge in [0, 0.05) is 33.2 Å². The number of nitrogens with zero attached hydrogens (tertiary/aromatic N) is 1. The highest BCUT2D eigenvalue weighted by molar-refractivity contribution is 7.10. The molecule has 4 rings (SSSR count). The first-order valence-electron chi connectivity index (χ1n) is 8.59. The van der Waals surface area contributed by atoms with Gasteiger partial charge in [-0.1, -0.05) is 49.8 Å². The van der Waals surface area contributed by atoms with E-state index < -0.39 is 0 Å². The van der Waals surface area contributed by atoms with E-state index in [1.54, 1.807) is 11.3 Å². The van der Waals surface area contributed by atoms with Gasteiger partial charge in [0.2, 0.25) is 0 Å². The maximum absolute atomic E-state index is 2.47. The van der Waals surface area contributed by atoms with E-state index in [-0.39, 0.29) is 0 Å². The molecule has 0 fully saturated rings. The van der Waals surface area contributed by atoms with Crippen LogP contribution in [-0.2, 0) is 6.54 Å². The number of benzene rings is 2. The molecule has 0 N–H and O–H groups in total. The van der Waals surface area contributed by atoms with E-state index in [4.69, 9.17) is 0 Å². The predicted molar refractivity (Wildman–Crippen MR) is 108 cm³/mol. The molecular weight excluding hydrogens is 310 g/mol. The molecule has 0 bridgehead atoms. The van der Waals surface area contributed by atoms with E-state index in [2.05, 4.69) is 83.6 Å². The van der Waals surface area contributed by atoms with Crippen LogP contribution in [0.5, 0.6) is 0 Å². The fourth-order valence-electron chi connectivity index (χ4n) is 3.30. The average molecular weight is 331 g/mol. The summed E-state index contributed by atoms with van der Waals surface area (Å²) in [6.07, 6.45) is 6.84. The zero-order chi connectivity index (χ0) is 16.4. The molecule has 24 heavy (non-hydrogen) atoms. The Kier molecular flexibility index (Phi) is 4.22. The lowest BCUT2D eigenvalue weighted by Gasteiger charge is -2.06. The minimum atomic E-state index is 1.09. The number of fused-ring (bicyclic) bond motifs is 3. The van der Waals surface area contributed by atoms with Crippen molar-refractivity contribution in [3.8, 4) is 0 Å². The monoisotopic (exact) mass is 331 g/mol. The van der Waals surface area contributed by atoms with Gasteiger partial charge in [0.05, 0.1) is 0 Å². The Bertz CT molecular complexity index is 990. The number of thiophene rings is 1. The summed E-state index contributed by atoms with van der Waals surface area (Å²) < 4.78 is 2.47. The molecule has 120 valence electrons. The third-order valence-electron chi connectivity index (χ3n) is 4.51. The largest absolute Gasteiger partial charge is 0.340 e. The van der Waals surface area contributed by atoms with Gasteiger partial charge in [0.1, 0.15) is 0 Å². The second-order valence-electron chi connectivity index (χ2n) is 6.15. The van der Waals surface area contributed by atoms with Crippen LogP contribution in [-0.4, -0.2) is 4.57 Å². The van der Waals surface area contributed by atoms with Crippen molar-refractivity contribution >= 4 is 45.3 Å². The van der Waals surface area contributed by atoms with Crippen molar-refractivity contribution in [1.82, 2.24) is 4.57 Å². The van der Waals surface area contributed by atoms with Gasteiger partial charge in [-0.3, -0.25) is 0 Å². The molecule has 2 aromatic carbocycles. The molecule has 1 nitrogen and oxygen atoms in total. The molecule has 0 saturated carbocycles. The van der Waals surface area contributed by atoms with Crippen molar-refractivity contribution in [2.45, 2.75) is 26.3 Å². The van der Waals surface area contributed by atoms with Crippen molar-refractivity contribution in [3.05, 3.63) is 70.4 Å². The summed E-state index contributed by atoms with van der Waals surface area (Å²) in [7, 11) is 0. The van der Waals surface area contributed by atoms with Crippen LogP contribution in [0.25, 0.3) is 34.0 Å². The first-order chi connectivity index (χ1) is 11.9. The smallest absolute Gasteiger partial charge is 0.0491 e. The van der Waals surface area contributed by atoms with Crippen molar-refractivity contribution in [1.29, 1.82) is 0 Å². The van der Waals surface area contributed by atoms with Gasteiger partial charge in [-0.25, -0.2) is 0 Å². The van der Waals surface area contributed by atoms with E-state index in [9.17, 15) is 0 Å². The second-order valence-corrected chi connectivity index (χ2v) is 7.13. The number of hydrogen-bond acceptors (Lipinski definition) is 1. The van der Waals surface area contributed by atoms with E-state index in [1.807, 2.05) is 0 Å². The normalized spacial score (nSPS) is 11.9. The standard InChI is InChI=1S/C22H21NS/c1-2-3-14-23-21-9-5-4-8-19(21)20-16-17(11-13-22(20)23)10-12-18-7-6-15-24-18/h4-13,15-16H,2-3,14H2,1H3/b12-10+. The molecule has 0 atom stereocenters. The maximum Gasteiger partial charge on any atom is 0.0491 e. The van der Waals surface area contributed by atoms with Gasteiger partial charge in [0.25, 0.3) is 0 Å². The molecule has 0 saturated heterocycles. The van der Waals surface area contributed by atoms with Crippen molar-refractivity contribution < 1.29 is 0 Å². The highest BCUT2D eigenvalue weighted by atomic mass is 32.1. The molecule has 2 heteroatoms. The highest BCUT2D eigenvalue weighted by Crippen LogP contribution is 2.30. The first kappa shape index (κ1) is 15.2. The summed E-state index contributed by atoms with van der Waals surface area (Å²) in [4.78, 5) is 1.29. The molecule has 2 heterocycles. The molecule has 0 amide bonds. The minimum absolute atomic E-state index is 1.09. The van der Waals surface area contributed by atoms with Gasteiger partial charge < -0.3 is 4.57 Å². The summed E-state index contributed by atoms with van der Waals surface area (Å²) in [5, 5.41) is 4.83.